The Labute approximate surface area is 151 Å². The fourth-order valence-corrected chi connectivity index (χ4v) is 2.81. The summed E-state index contributed by atoms with van der Waals surface area (Å²) in [5.74, 6) is 0.723. The average molecular weight is 339 g/mol. The summed E-state index contributed by atoms with van der Waals surface area (Å²) in [4.78, 5) is 12.7. The summed E-state index contributed by atoms with van der Waals surface area (Å²) < 4.78 is 6.03. The number of nitrogens with one attached hydrogen (secondary N) is 1. The van der Waals surface area contributed by atoms with Gasteiger partial charge in [-0.15, -0.1) is 0 Å². The van der Waals surface area contributed by atoms with Gasteiger partial charge in [-0.3, -0.25) is 4.79 Å². The molecule has 25 heavy (non-hydrogen) atoms. The van der Waals surface area contributed by atoms with Gasteiger partial charge in [-0.2, -0.15) is 0 Å². The van der Waals surface area contributed by atoms with Crippen molar-refractivity contribution < 1.29 is 9.53 Å². The Morgan fingerprint density at radius 2 is 1.68 bits per heavy atom. The highest BCUT2D eigenvalue weighted by Gasteiger charge is 2.22. The highest BCUT2D eigenvalue weighted by Crippen LogP contribution is 2.23. The summed E-state index contributed by atoms with van der Waals surface area (Å²) in [5.41, 5.74) is 4.59. The standard InChI is InChI=1S/C22H29NO2/c1-6-19(18-13-11-15(3)12-14-18)23-22(24)20(7-2)25-21-10-8-9-16(4)17(21)5/h8-14,19-20H,6-7H2,1-5H3,(H,23,24)/t19-,20-/m0/s1. The highest BCUT2D eigenvalue weighted by molar-refractivity contribution is 5.81. The van der Waals surface area contributed by atoms with Crippen LogP contribution in [0.1, 0.15) is 55.0 Å². The number of amides is 1. The van der Waals surface area contributed by atoms with Crippen LogP contribution in [-0.2, 0) is 4.79 Å². The monoisotopic (exact) mass is 339 g/mol. The first-order chi connectivity index (χ1) is 12.0. The Balaban J connectivity index is 2.10. The van der Waals surface area contributed by atoms with E-state index in [-0.39, 0.29) is 11.9 Å². The first-order valence-electron chi connectivity index (χ1n) is 9.06. The molecule has 2 aromatic rings. The summed E-state index contributed by atoms with van der Waals surface area (Å²) in [6.07, 6.45) is 0.984. The molecule has 2 aromatic carbocycles. The van der Waals surface area contributed by atoms with E-state index in [1.165, 1.54) is 11.1 Å². The second-order valence-corrected chi connectivity index (χ2v) is 6.59. The maximum Gasteiger partial charge on any atom is 0.261 e. The molecule has 0 spiro atoms. The van der Waals surface area contributed by atoms with Crippen LogP contribution in [0.25, 0.3) is 0 Å². The third-order valence-electron chi connectivity index (χ3n) is 4.69. The molecule has 1 amide bonds. The number of carbonyl (C=O) groups excluding carboxylic acids is 1. The SMILES string of the molecule is CC[C@H](Oc1cccc(C)c1C)C(=O)N[C@@H](CC)c1ccc(C)cc1. The lowest BCUT2D eigenvalue weighted by Gasteiger charge is -2.23. The highest BCUT2D eigenvalue weighted by atomic mass is 16.5. The Morgan fingerprint density at radius 3 is 2.28 bits per heavy atom. The summed E-state index contributed by atoms with van der Waals surface area (Å²) >= 11 is 0. The van der Waals surface area contributed by atoms with Crippen LogP contribution >= 0.6 is 0 Å². The fraction of sp³-hybridized carbons (Fsp3) is 0.409. The van der Waals surface area contributed by atoms with Gasteiger partial charge in [0.25, 0.3) is 5.91 Å². The van der Waals surface area contributed by atoms with Crippen LogP contribution in [0.15, 0.2) is 42.5 Å². The first kappa shape index (κ1) is 19.0. The summed E-state index contributed by atoms with van der Waals surface area (Å²) in [5, 5.41) is 3.14. The van der Waals surface area contributed by atoms with Gasteiger partial charge in [-0.05, 0) is 56.4 Å². The van der Waals surface area contributed by atoms with Crippen LogP contribution in [-0.4, -0.2) is 12.0 Å². The molecule has 0 unspecified atom stereocenters. The van der Waals surface area contributed by atoms with Crippen LogP contribution in [0.4, 0.5) is 0 Å². The van der Waals surface area contributed by atoms with Gasteiger partial charge in [0.2, 0.25) is 0 Å². The Kier molecular flexibility index (Phi) is 6.63. The molecule has 0 aromatic heterocycles. The van der Waals surface area contributed by atoms with Gasteiger partial charge in [0.1, 0.15) is 5.75 Å². The van der Waals surface area contributed by atoms with Crippen molar-refractivity contribution in [2.24, 2.45) is 0 Å². The van der Waals surface area contributed by atoms with Crippen LogP contribution in [0.3, 0.4) is 0 Å². The average Bonchev–Trinajstić information content (AvgIpc) is 2.61. The van der Waals surface area contributed by atoms with E-state index in [0.717, 1.165) is 23.3 Å². The van der Waals surface area contributed by atoms with Crippen molar-refractivity contribution in [3.8, 4) is 5.75 Å². The predicted octanol–water partition coefficient (Wildman–Crippen LogP) is 5.04. The molecule has 0 bridgehead atoms. The zero-order chi connectivity index (χ0) is 18.4. The molecular formula is C22H29NO2. The van der Waals surface area contributed by atoms with Gasteiger partial charge < -0.3 is 10.1 Å². The second-order valence-electron chi connectivity index (χ2n) is 6.59. The molecule has 3 heteroatoms. The molecular weight excluding hydrogens is 310 g/mol. The minimum Gasteiger partial charge on any atom is -0.480 e. The summed E-state index contributed by atoms with van der Waals surface area (Å²) in [7, 11) is 0. The fourth-order valence-electron chi connectivity index (χ4n) is 2.81. The van der Waals surface area contributed by atoms with E-state index in [4.69, 9.17) is 4.74 Å². The predicted molar refractivity (Wildman–Crippen MR) is 103 cm³/mol. The van der Waals surface area contributed by atoms with Gasteiger partial charge in [-0.25, -0.2) is 0 Å². The summed E-state index contributed by atoms with van der Waals surface area (Å²) in [6, 6.07) is 14.3. The van der Waals surface area contributed by atoms with Crippen molar-refractivity contribution >= 4 is 5.91 Å². The van der Waals surface area contributed by atoms with E-state index in [0.29, 0.717) is 6.42 Å². The maximum atomic E-state index is 12.7. The van der Waals surface area contributed by atoms with Crippen molar-refractivity contribution in [1.29, 1.82) is 0 Å². The van der Waals surface area contributed by atoms with Gasteiger partial charge >= 0.3 is 0 Å². The molecule has 0 saturated carbocycles. The van der Waals surface area contributed by atoms with Crippen molar-refractivity contribution in [3.05, 3.63) is 64.7 Å². The molecule has 0 aliphatic heterocycles. The molecule has 0 fully saturated rings. The summed E-state index contributed by atoms with van der Waals surface area (Å²) in [6.45, 7) is 10.2. The minimum atomic E-state index is -0.486. The Bertz CT molecular complexity index is 706. The minimum absolute atomic E-state index is 0.00403. The molecule has 1 N–H and O–H groups in total. The molecule has 0 heterocycles. The van der Waals surface area contributed by atoms with Crippen LogP contribution < -0.4 is 10.1 Å². The van der Waals surface area contributed by atoms with Crippen molar-refractivity contribution in [3.63, 3.8) is 0 Å². The molecule has 0 aliphatic rings. The van der Waals surface area contributed by atoms with Crippen LogP contribution in [0.2, 0.25) is 0 Å². The molecule has 2 atom stereocenters. The van der Waals surface area contributed by atoms with E-state index in [9.17, 15) is 4.79 Å². The lowest BCUT2D eigenvalue weighted by atomic mass is 10.0. The molecule has 0 radical (unpaired) electrons. The van der Waals surface area contributed by atoms with E-state index >= 15 is 0 Å². The topological polar surface area (TPSA) is 38.3 Å². The normalized spacial score (nSPS) is 13.2. The Hall–Kier alpha value is -2.29. The van der Waals surface area contributed by atoms with Crippen molar-refractivity contribution in [1.82, 2.24) is 5.32 Å². The maximum absolute atomic E-state index is 12.7. The van der Waals surface area contributed by atoms with Crippen LogP contribution in [0.5, 0.6) is 5.75 Å². The van der Waals surface area contributed by atoms with E-state index in [1.807, 2.05) is 39.0 Å². The first-order valence-corrected chi connectivity index (χ1v) is 9.06. The van der Waals surface area contributed by atoms with E-state index in [1.54, 1.807) is 0 Å². The number of ether oxygens (including phenoxy) is 1. The third kappa shape index (κ3) is 4.85. The smallest absolute Gasteiger partial charge is 0.261 e. The van der Waals surface area contributed by atoms with Gasteiger partial charge in [0, 0.05) is 0 Å². The molecule has 3 nitrogen and oxygen atoms in total. The van der Waals surface area contributed by atoms with Gasteiger partial charge in [0.05, 0.1) is 6.04 Å². The second kappa shape index (κ2) is 8.70. The van der Waals surface area contributed by atoms with E-state index < -0.39 is 6.10 Å². The number of carbonyl (C=O) groups is 1. The number of hydrogen-bond acceptors (Lipinski definition) is 2. The zero-order valence-corrected chi connectivity index (χ0v) is 15.9. The van der Waals surface area contributed by atoms with Crippen LogP contribution in [0, 0.1) is 20.8 Å². The van der Waals surface area contributed by atoms with Gasteiger partial charge in [0.15, 0.2) is 6.10 Å². The number of benzene rings is 2. The van der Waals surface area contributed by atoms with Crippen molar-refractivity contribution in [2.45, 2.75) is 59.6 Å². The molecule has 134 valence electrons. The molecule has 0 saturated heterocycles. The molecule has 0 aliphatic carbocycles. The van der Waals surface area contributed by atoms with Gasteiger partial charge in [-0.1, -0.05) is 55.8 Å². The number of rotatable bonds is 7. The number of hydrogen-bond donors (Lipinski definition) is 1. The number of aryl methyl sites for hydroxylation is 2. The zero-order valence-electron chi connectivity index (χ0n) is 15.9. The lowest BCUT2D eigenvalue weighted by Crippen LogP contribution is -2.40. The van der Waals surface area contributed by atoms with E-state index in [2.05, 4.69) is 43.4 Å². The third-order valence-corrected chi connectivity index (χ3v) is 4.69. The lowest BCUT2D eigenvalue weighted by molar-refractivity contribution is -0.129. The molecule has 2 rings (SSSR count). The Morgan fingerprint density at radius 1 is 1.00 bits per heavy atom. The largest absolute Gasteiger partial charge is 0.480 e. The van der Waals surface area contributed by atoms with Crippen molar-refractivity contribution in [2.75, 3.05) is 0 Å². The quantitative estimate of drug-likeness (QED) is 0.768.